The molecule has 0 saturated carbocycles. The lowest BCUT2D eigenvalue weighted by atomic mass is 10.2. The summed E-state index contributed by atoms with van der Waals surface area (Å²) in [7, 11) is 0. The van der Waals surface area contributed by atoms with Crippen molar-refractivity contribution in [3.63, 3.8) is 0 Å². The zero-order valence-corrected chi connectivity index (χ0v) is 10.1. The topological polar surface area (TPSA) is 85.8 Å². The average molecular weight is 285 g/mol. The molecule has 2 aromatic rings. The number of carbonyl (C=O) groups is 1. The van der Waals surface area contributed by atoms with E-state index < -0.39 is 29.0 Å². The van der Waals surface area contributed by atoms with Crippen molar-refractivity contribution < 1.29 is 18.0 Å². The van der Waals surface area contributed by atoms with Crippen molar-refractivity contribution in [2.24, 2.45) is 5.73 Å². The summed E-state index contributed by atoms with van der Waals surface area (Å²) < 4.78 is 40.2. The molecule has 9 heteroatoms. The second-order valence-corrected chi connectivity index (χ2v) is 3.88. The van der Waals surface area contributed by atoms with Crippen LogP contribution in [0, 0.1) is 17.5 Å². The first-order valence-corrected chi connectivity index (χ1v) is 5.53. The standard InChI is InChI=1S/C11H10F3N5O/c12-7-1-2-8(11(14)10(7)13)16-9(20)5-19-4-6(3-15)17-18-19/h1-2,4H,3,5,15H2,(H,16,20). The van der Waals surface area contributed by atoms with Crippen LogP contribution in [0.15, 0.2) is 18.3 Å². The Hall–Kier alpha value is -2.42. The Balaban J connectivity index is 2.06. The van der Waals surface area contributed by atoms with Gasteiger partial charge in [0.15, 0.2) is 17.5 Å². The van der Waals surface area contributed by atoms with Gasteiger partial charge in [0.25, 0.3) is 0 Å². The predicted molar refractivity (Wildman–Crippen MR) is 62.9 cm³/mol. The van der Waals surface area contributed by atoms with Crippen LogP contribution in [0.3, 0.4) is 0 Å². The molecule has 0 aliphatic carbocycles. The normalized spacial score (nSPS) is 10.6. The number of nitrogens with two attached hydrogens (primary N) is 1. The van der Waals surface area contributed by atoms with Crippen LogP contribution in [0.5, 0.6) is 0 Å². The van der Waals surface area contributed by atoms with Crippen LogP contribution in [-0.4, -0.2) is 20.9 Å². The third-order valence-electron chi connectivity index (χ3n) is 2.41. The summed E-state index contributed by atoms with van der Waals surface area (Å²) in [5, 5.41) is 9.40. The fraction of sp³-hybridized carbons (Fsp3) is 0.182. The van der Waals surface area contributed by atoms with Gasteiger partial charge in [-0.3, -0.25) is 4.79 Å². The molecule has 0 atom stereocenters. The molecule has 2 rings (SSSR count). The monoisotopic (exact) mass is 285 g/mol. The molecule has 106 valence electrons. The van der Waals surface area contributed by atoms with Gasteiger partial charge in [-0.15, -0.1) is 5.10 Å². The predicted octanol–water partition coefficient (Wildman–Crippen LogP) is 0.793. The molecule has 0 saturated heterocycles. The summed E-state index contributed by atoms with van der Waals surface area (Å²) in [6.45, 7) is -0.0924. The Labute approximate surface area is 111 Å². The molecule has 0 aliphatic heterocycles. The van der Waals surface area contributed by atoms with Gasteiger partial charge in [0, 0.05) is 6.54 Å². The Kier molecular flexibility index (Phi) is 3.99. The number of aromatic nitrogens is 3. The molecular weight excluding hydrogens is 275 g/mol. The van der Waals surface area contributed by atoms with E-state index in [4.69, 9.17) is 5.73 Å². The zero-order valence-electron chi connectivity index (χ0n) is 10.1. The number of nitrogens with zero attached hydrogens (tertiary/aromatic N) is 3. The molecule has 0 aliphatic rings. The van der Waals surface area contributed by atoms with Crippen LogP contribution < -0.4 is 11.1 Å². The van der Waals surface area contributed by atoms with Gasteiger partial charge in [0.1, 0.15) is 6.54 Å². The maximum absolute atomic E-state index is 13.3. The Morgan fingerprint density at radius 1 is 1.30 bits per heavy atom. The van der Waals surface area contributed by atoms with Crippen molar-refractivity contribution in [2.75, 3.05) is 5.32 Å². The molecule has 1 aromatic carbocycles. The fourth-order valence-corrected chi connectivity index (χ4v) is 1.47. The van der Waals surface area contributed by atoms with Gasteiger partial charge in [-0.05, 0) is 12.1 Å². The fourth-order valence-electron chi connectivity index (χ4n) is 1.47. The maximum atomic E-state index is 13.3. The summed E-state index contributed by atoms with van der Waals surface area (Å²) in [6.07, 6.45) is 1.45. The molecule has 1 amide bonds. The first kappa shape index (κ1) is 14.0. The number of anilines is 1. The lowest BCUT2D eigenvalue weighted by Gasteiger charge is -2.07. The molecule has 0 radical (unpaired) electrons. The smallest absolute Gasteiger partial charge is 0.246 e. The van der Waals surface area contributed by atoms with E-state index in [1.807, 2.05) is 0 Å². The number of halogens is 3. The van der Waals surface area contributed by atoms with Gasteiger partial charge in [0.05, 0.1) is 17.6 Å². The molecule has 3 N–H and O–H groups in total. The van der Waals surface area contributed by atoms with E-state index in [0.29, 0.717) is 5.69 Å². The SMILES string of the molecule is NCc1cn(CC(=O)Nc2ccc(F)c(F)c2F)nn1. The number of benzene rings is 1. The molecule has 0 bridgehead atoms. The minimum absolute atomic E-state index is 0.166. The second kappa shape index (κ2) is 5.70. The molecule has 6 nitrogen and oxygen atoms in total. The van der Waals surface area contributed by atoms with Gasteiger partial charge in [-0.25, -0.2) is 17.9 Å². The van der Waals surface area contributed by atoms with Crippen molar-refractivity contribution in [1.82, 2.24) is 15.0 Å². The summed E-state index contributed by atoms with van der Waals surface area (Å²) in [5.74, 6) is -5.10. The summed E-state index contributed by atoms with van der Waals surface area (Å²) in [6, 6.07) is 1.65. The number of carbonyl (C=O) groups excluding carboxylic acids is 1. The summed E-state index contributed by atoms with van der Waals surface area (Å²) in [4.78, 5) is 11.6. The number of hydrogen-bond acceptors (Lipinski definition) is 4. The maximum Gasteiger partial charge on any atom is 0.246 e. The zero-order chi connectivity index (χ0) is 14.7. The van der Waals surface area contributed by atoms with Crippen LogP contribution in [0.25, 0.3) is 0 Å². The number of amides is 1. The van der Waals surface area contributed by atoms with E-state index in [1.54, 1.807) is 0 Å². The van der Waals surface area contributed by atoms with Crippen molar-refractivity contribution in [3.05, 3.63) is 41.5 Å². The number of hydrogen-bond donors (Lipinski definition) is 2. The van der Waals surface area contributed by atoms with Crippen molar-refractivity contribution in [2.45, 2.75) is 13.1 Å². The van der Waals surface area contributed by atoms with E-state index in [0.717, 1.165) is 12.1 Å². The third-order valence-corrected chi connectivity index (χ3v) is 2.41. The van der Waals surface area contributed by atoms with E-state index in [9.17, 15) is 18.0 Å². The largest absolute Gasteiger partial charge is 0.325 e. The van der Waals surface area contributed by atoms with Gasteiger partial charge in [0.2, 0.25) is 5.91 Å². The molecule has 1 heterocycles. The quantitative estimate of drug-likeness (QED) is 0.813. The van der Waals surface area contributed by atoms with Gasteiger partial charge in [-0.1, -0.05) is 5.21 Å². The van der Waals surface area contributed by atoms with Crippen LogP contribution in [0.1, 0.15) is 5.69 Å². The van der Waals surface area contributed by atoms with E-state index in [-0.39, 0.29) is 13.1 Å². The molecule has 1 aromatic heterocycles. The van der Waals surface area contributed by atoms with Crippen LogP contribution in [0.4, 0.5) is 18.9 Å². The van der Waals surface area contributed by atoms with Crippen molar-refractivity contribution in [1.29, 1.82) is 0 Å². The highest BCUT2D eigenvalue weighted by atomic mass is 19.2. The number of nitrogens with one attached hydrogen (secondary N) is 1. The Bertz CT molecular complexity index is 643. The van der Waals surface area contributed by atoms with Crippen LogP contribution in [0.2, 0.25) is 0 Å². The average Bonchev–Trinajstić information content (AvgIpc) is 2.87. The highest BCUT2D eigenvalue weighted by Gasteiger charge is 2.15. The van der Waals surface area contributed by atoms with Crippen molar-refractivity contribution in [3.8, 4) is 0 Å². The van der Waals surface area contributed by atoms with Gasteiger partial charge in [-0.2, -0.15) is 0 Å². The van der Waals surface area contributed by atoms with Crippen LogP contribution in [-0.2, 0) is 17.9 Å². The highest BCUT2D eigenvalue weighted by molar-refractivity contribution is 5.90. The first-order chi connectivity index (χ1) is 9.51. The molecule has 20 heavy (non-hydrogen) atoms. The van der Waals surface area contributed by atoms with Gasteiger partial charge < -0.3 is 11.1 Å². The minimum Gasteiger partial charge on any atom is -0.325 e. The number of rotatable bonds is 4. The van der Waals surface area contributed by atoms with Gasteiger partial charge >= 0.3 is 0 Å². The van der Waals surface area contributed by atoms with E-state index in [1.165, 1.54) is 10.9 Å². The molecule has 0 spiro atoms. The van der Waals surface area contributed by atoms with E-state index in [2.05, 4.69) is 15.6 Å². The molecule has 0 fully saturated rings. The highest BCUT2D eigenvalue weighted by Crippen LogP contribution is 2.19. The third kappa shape index (κ3) is 2.94. The Morgan fingerprint density at radius 3 is 2.70 bits per heavy atom. The van der Waals surface area contributed by atoms with Crippen molar-refractivity contribution >= 4 is 11.6 Å². The van der Waals surface area contributed by atoms with E-state index >= 15 is 0 Å². The van der Waals surface area contributed by atoms with Crippen LogP contribution >= 0.6 is 0 Å². The Morgan fingerprint density at radius 2 is 2.05 bits per heavy atom. The lowest BCUT2D eigenvalue weighted by molar-refractivity contribution is -0.116. The first-order valence-electron chi connectivity index (χ1n) is 5.53. The second-order valence-electron chi connectivity index (χ2n) is 3.88. The summed E-state index contributed by atoms with van der Waals surface area (Å²) >= 11 is 0. The summed E-state index contributed by atoms with van der Waals surface area (Å²) in [5.41, 5.74) is 5.36. The molecular formula is C11H10F3N5O. The minimum atomic E-state index is -1.64. The molecule has 0 unspecified atom stereocenters. The lowest BCUT2D eigenvalue weighted by Crippen LogP contribution is -2.20.